The highest BCUT2D eigenvalue weighted by molar-refractivity contribution is 5.83. The van der Waals surface area contributed by atoms with E-state index in [2.05, 4.69) is 30.6 Å². The number of aromatic nitrogens is 6. The molecule has 3 aromatic rings. The third-order valence-electron chi connectivity index (χ3n) is 4.26. The van der Waals surface area contributed by atoms with Gasteiger partial charge in [0.1, 0.15) is 0 Å². The first kappa shape index (κ1) is 14.2. The van der Waals surface area contributed by atoms with Crippen molar-refractivity contribution in [2.24, 2.45) is 5.92 Å². The fourth-order valence-corrected chi connectivity index (χ4v) is 3.29. The van der Waals surface area contributed by atoms with Gasteiger partial charge in [0, 0.05) is 18.1 Å². The van der Waals surface area contributed by atoms with Crippen molar-refractivity contribution in [2.75, 3.05) is 0 Å². The van der Waals surface area contributed by atoms with Gasteiger partial charge >= 0.3 is 11.1 Å². The summed E-state index contributed by atoms with van der Waals surface area (Å²) in [5.41, 5.74) is 0.278. The first-order chi connectivity index (χ1) is 11.5. The van der Waals surface area contributed by atoms with Crippen molar-refractivity contribution >= 4 is 16.7 Å². The molecule has 1 atom stereocenters. The van der Waals surface area contributed by atoms with Gasteiger partial charge in [-0.15, -0.1) is 10.2 Å². The van der Waals surface area contributed by atoms with E-state index in [9.17, 15) is 19.7 Å². The maximum Gasteiger partial charge on any atom is 0.314 e. The Morgan fingerprint density at radius 1 is 1.21 bits per heavy atom. The summed E-state index contributed by atoms with van der Waals surface area (Å²) in [6, 6.07) is 1.29. The van der Waals surface area contributed by atoms with Crippen LogP contribution < -0.4 is 11.1 Å². The van der Waals surface area contributed by atoms with E-state index in [-0.39, 0.29) is 17.1 Å². The summed E-state index contributed by atoms with van der Waals surface area (Å²) >= 11 is 0. The third kappa shape index (κ3) is 2.17. The summed E-state index contributed by atoms with van der Waals surface area (Å²) in [7, 11) is 0. The molecule has 2 aromatic heterocycles. The summed E-state index contributed by atoms with van der Waals surface area (Å²) in [4.78, 5) is 39.0. The summed E-state index contributed by atoms with van der Waals surface area (Å²) < 4.78 is 0. The quantitative estimate of drug-likeness (QED) is 0.334. The summed E-state index contributed by atoms with van der Waals surface area (Å²) in [6.45, 7) is 0. The Kier molecular flexibility index (Phi) is 3.01. The lowest BCUT2D eigenvalue weighted by Gasteiger charge is -2.05. The minimum Gasteiger partial charge on any atom is -0.316 e. The average molecular weight is 329 g/mol. The van der Waals surface area contributed by atoms with E-state index >= 15 is 0 Å². The summed E-state index contributed by atoms with van der Waals surface area (Å²) in [5, 5.41) is 25.1. The Balaban J connectivity index is 1.86. The molecular formula is C13H11N7O4. The van der Waals surface area contributed by atoms with Gasteiger partial charge in [-0.3, -0.25) is 19.7 Å². The van der Waals surface area contributed by atoms with Gasteiger partial charge in [-0.2, -0.15) is 5.21 Å². The van der Waals surface area contributed by atoms with Crippen LogP contribution in [0.25, 0.3) is 11.0 Å². The number of tetrazole rings is 1. The minimum absolute atomic E-state index is 0.0531. The monoisotopic (exact) mass is 329 g/mol. The van der Waals surface area contributed by atoms with Crippen molar-refractivity contribution in [2.45, 2.75) is 19.3 Å². The van der Waals surface area contributed by atoms with E-state index in [4.69, 9.17) is 0 Å². The molecule has 3 N–H and O–H groups in total. The van der Waals surface area contributed by atoms with Gasteiger partial charge in [-0.25, -0.2) is 0 Å². The molecule has 0 saturated heterocycles. The fourth-order valence-electron chi connectivity index (χ4n) is 3.29. The maximum atomic E-state index is 11.6. The normalized spacial score (nSPS) is 16.4. The van der Waals surface area contributed by atoms with Crippen LogP contribution in [0.15, 0.2) is 15.7 Å². The zero-order chi connectivity index (χ0) is 16.8. The van der Waals surface area contributed by atoms with Crippen LogP contribution in [-0.2, 0) is 19.3 Å². The average Bonchev–Trinajstić information content (AvgIpc) is 3.18. The highest BCUT2D eigenvalue weighted by Gasteiger charge is 2.32. The summed E-state index contributed by atoms with van der Waals surface area (Å²) in [5.74, 6) is 0.582. The molecule has 0 fully saturated rings. The molecule has 1 aliphatic rings. The molecule has 4 rings (SSSR count). The Hall–Kier alpha value is -3.37. The molecule has 0 saturated carbocycles. The van der Waals surface area contributed by atoms with Crippen molar-refractivity contribution < 1.29 is 4.92 Å². The first-order valence-corrected chi connectivity index (χ1v) is 7.20. The second kappa shape index (κ2) is 5.08. The van der Waals surface area contributed by atoms with Crippen LogP contribution in [0.4, 0.5) is 5.69 Å². The van der Waals surface area contributed by atoms with Crippen LogP contribution >= 0.6 is 0 Å². The molecule has 0 bridgehead atoms. The number of nitro groups is 1. The predicted molar refractivity (Wildman–Crippen MR) is 80.6 cm³/mol. The standard InChI is InChI=1S/C13H11N7O4/c21-12-13(22)15-11-7-2-5(3-10-16-18-19-17-10)1-6(7)9(20(23)24)4-8(11)14-12/h4-5H,1-3H2,(H,14,21)(H,15,22)(H,16,17,18,19). The second-order valence-electron chi connectivity index (χ2n) is 5.75. The zero-order valence-electron chi connectivity index (χ0n) is 12.2. The second-order valence-corrected chi connectivity index (χ2v) is 5.75. The van der Waals surface area contributed by atoms with Gasteiger partial charge in [-0.05, 0) is 24.3 Å². The van der Waals surface area contributed by atoms with Crippen LogP contribution in [0.3, 0.4) is 0 Å². The van der Waals surface area contributed by atoms with Gasteiger partial charge in [0.25, 0.3) is 5.69 Å². The topological polar surface area (TPSA) is 163 Å². The van der Waals surface area contributed by atoms with E-state index in [1.165, 1.54) is 6.07 Å². The number of hydrogen-bond acceptors (Lipinski definition) is 7. The lowest BCUT2D eigenvalue weighted by atomic mass is 10.0. The van der Waals surface area contributed by atoms with Crippen molar-refractivity contribution in [1.82, 2.24) is 30.6 Å². The van der Waals surface area contributed by atoms with Gasteiger partial charge in [0.05, 0.1) is 16.0 Å². The van der Waals surface area contributed by atoms with Crippen LogP contribution in [0.1, 0.15) is 17.0 Å². The Bertz CT molecular complexity index is 1070. The van der Waals surface area contributed by atoms with Gasteiger partial charge in [0.2, 0.25) is 0 Å². The van der Waals surface area contributed by atoms with Crippen LogP contribution in [0, 0.1) is 16.0 Å². The molecule has 11 nitrogen and oxygen atoms in total. The SMILES string of the molecule is O=c1[nH]c2cc([N+](=O)[O-])c3c(c2[nH]c1=O)CC(Cc1nn[nH]n1)C3. The molecule has 1 unspecified atom stereocenters. The van der Waals surface area contributed by atoms with E-state index in [1.54, 1.807) is 0 Å². The number of nitro benzene ring substituents is 1. The first-order valence-electron chi connectivity index (χ1n) is 7.20. The molecule has 1 aromatic carbocycles. The van der Waals surface area contributed by atoms with Crippen LogP contribution in [-0.4, -0.2) is 35.5 Å². The van der Waals surface area contributed by atoms with E-state index < -0.39 is 16.0 Å². The molecule has 0 spiro atoms. The number of nitrogens with one attached hydrogen (secondary N) is 3. The van der Waals surface area contributed by atoms with Crippen molar-refractivity contribution in [3.8, 4) is 0 Å². The predicted octanol–water partition coefficient (Wildman–Crippen LogP) is -0.405. The van der Waals surface area contributed by atoms with Crippen molar-refractivity contribution in [3.05, 3.63) is 53.8 Å². The van der Waals surface area contributed by atoms with Crippen molar-refractivity contribution in [3.63, 3.8) is 0 Å². The van der Waals surface area contributed by atoms with Crippen LogP contribution in [0.5, 0.6) is 0 Å². The van der Waals surface area contributed by atoms with Gasteiger partial charge in [0.15, 0.2) is 5.82 Å². The molecular weight excluding hydrogens is 318 g/mol. The highest BCUT2D eigenvalue weighted by Crippen LogP contribution is 2.38. The molecule has 0 amide bonds. The largest absolute Gasteiger partial charge is 0.316 e. The number of aromatic amines is 3. The number of H-pyrrole nitrogens is 3. The Morgan fingerprint density at radius 2 is 1.96 bits per heavy atom. The molecule has 0 radical (unpaired) electrons. The maximum absolute atomic E-state index is 11.6. The molecule has 2 heterocycles. The number of nitrogens with zero attached hydrogens (tertiary/aromatic N) is 4. The number of rotatable bonds is 3. The molecule has 122 valence electrons. The van der Waals surface area contributed by atoms with Crippen LogP contribution in [0.2, 0.25) is 0 Å². The van der Waals surface area contributed by atoms with E-state index in [0.717, 1.165) is 0 Å². The van der Waals surface area contributed by atoms with E-state index in [0.29, 0.717) is 41.7 Å². The molecule has 1 aliphatic carbocycles. The lowest BCUT2D eigenvalue weighted by molar-refractivity contribution is -0.385. The number of fused-ring (bicyclic) bond motifs is 3. The molecule has 24 heavy (non-hydrogen) atoms. The zero-order valence-corrected chi connectivity index (χ0v) is 12.2. The molecule has 11 heteroatoms. The number of benzene rings is 1. The Labute approximate surface area is 132 Å². The van der Waals surface area contributed by atoms with Gasteiger partial charge in [-0.1, -0.05) is 5.21 Å². The van der Waals surface area contributed by atoms with Crippen molar-refractivity contribution in [1.29, 1.82) is 0 Å². The lowest BCUT2D eigenvalue weighted by Crippen LogP contribution is -2.29. The summed E-state index contributed by atoms with van der Waals surface area (Å²) in [6.07, 6.45) is 1.50. The minimum atomic E-state index is -0.835. The fraction of sp³-hybridized carbons (Fsp3) is 0.308. The smallest absolute Gasteiger partial charge is 0.314 e. The Morgan fingerprint density at radius 3 is 2.67 bits per heavy atom. The highest BCUT2D eigenvalue weighted by atomic mass is 16.6. The van der Waals surface area contributed by atoms with Gasteiger partial charge < -0.3 is 9.97 Å². The van der Waals surface area contributed by atoms with E-state index in [1.807, 2.05) is 0 Å². The molecule has 0 aliphatic heterocycles. The number of hydrogen-bond donors (Lipinski definition) is 3. The third-order valence-corrected chi connectivity index (χ3v) is 4.26.